The van der Waals surface area contributed by atoms with Gasteiger partial charge in [0.2, 0.25) is 0 Å². The summed E-state index contributed by atoms with van der Waals surface area (Å²) in [5, 5.41) is 14.5. The Hall–Kier alpha value is -1.49. The molecule has 6 heteroatoms. The maximum Gasteiger partial charge on any atom is 0.128 e. The van der Waals surface area contributed by atoms with Crippen LogP contribution in [-0.4, -0.2) is 28.7 Å². The lowest BCUT2D eigenvalue weighted by Gasteiger charge is -2.25. The molecule has 2 aromatic rings. The SMILES string of the molecule is CC(C)(C)NCc1cc(C(C)(C)C)cc(-c2ccc(N3CCCC3)nc2)c1O.Cl.Cl. The first-order chi connectivity index (χ1) is 13.0. The Balaban J connectivity index is 0.00000225. The van der Waals surface area contributed by atoms with Crippen molar-refractivity contribution in [3.63, 3.8) is 0 Å². The summed E-state index contributed by atoms with van der Waals surface area (Å²) in [7, 11) is 0. The zero-order valence-electron chi connectivity index (χ0n) is 19.1. The molecule has 168 valence electrons. The van der Waals surface area contributed by atoms with E-state index in [1.165, 1.54) is 18.4 Å². The highest BCUT2D eigenvalue weighted by molar-refractivity contribution is 5.85. The Morgan fingerprint density at radius 1 is 1.00 bits per heavy atom. The van der Waals surface area contributed by atoms with E-state index in [1.54, 1.807) is 0 Å². The monoisotopic (exact) mass is 453 g/mol. The van der Waals surface area contributed by atoms with E-state index in [2.05, 4.69) is 81.0 Å². The lowest BCUT2D eigenvalue weighted by Crippen LogP contribution is -2.35. The molecule has 4 nitrogen and oxygen atoms in total. The second kappa shape index (κ2) is 10.2. The smallest absolute Gasteiger partial charge is 0.128 e. The molecule has 0 saturated carbocycles. The summed E-state index contributed by atoms with van der Waals surface area (Å²) in [6, 6.07) is 8.41. The topological polar surface area (TPSA) is 48.4 Å². The molecule has 1 saturated heterocycles. The summed E-state index contributed by atoms with van der Waals surface area (Å²) in [4.78, 5) is 7.01. The number of rotatable bonds is 4. The first-order valence-electron chi connectivity index (χ1n) is 10.4. The fraction of sp³-hybridized carbons (Fsp3) is 0.542. The average Bonchev–Trinajstić information content (AvgIpc) is 3.14. The predicted octanol–water partition coefficient (Wildman–Crippen LogP) is 6.08. The molecule has 1 fully saturated rings. The number of benzene rings is 1. The molecular weight excluding hydrogens is 417 g/mol. The van der Waals surface area contributed by atoms with Crippen molar-refractivity contribution in [2.24, 2.45) is 0 Å². The first kappa shape index (κ1) is 26.5. The number of aromatic hydroxyl groups is 1. The molecule has 0 spiro atoms. The van der Waals surface area contributed by atoms with Crippen LogP contribution in [0.1, 0.15) is 65.5 Å². The number of anilines is 1. The number of phenolic OH excluding ortho intramolecular Hbond substituents is 1. The van der Waals surface area contributed by atoms with Gasteiger partial charge in [-0.25, -0.2) is 4.98 Å². The van der Waals surface area contributed by atoms with Gasteiger partial charge in [0.15, 0.2) is 0 Å². The Bertz CT molecular complexity index is 818. The van der Waals surface area contributed by atoms with E-state index in [-0.39, 0.29) is 35.8 Å². The van der Waals surface area contributed by atoms with E-state index in [0.717, 1.165) is 35.6 Å². The highest BCUT2D eigenvalue weighted by atomic mass is 35.5. The number of hydrogen-bond donors (Lipinski definition) is 2. The standard InChI is InChI=1S/C24H35N3O.2ClH/c1-23(2,3)19-13-18(16-26-24(4,5)6)22(28)20(14-19)17-9-10-21(25-15-17)27-11-7-8-12-27;;/h9-10,13-15,26,28H,7-8,11-12,16H2,1-6H3;2*1H. The van der Waals surface area contributed by atoms with Crippen LogP contribution in [0.15, 0.2) is 30.5 Å². The van der Waals surface area contributed by atoms with E-state index in [4.69, 9.17) is 0 Å². The first-order valence-corrected chi connectivity index (χ1v) is 10.4. The molecule has 2 N–H and O–H groups in total. The van der Waals surface area contributed by atoms with Gasteiger partial charge in [-0.3, -0.25) is 0 Å². The molecule has 2 heterocycles. The van der Waals surface area contributed by atoms with Gasteiger partial charge in [-0.05, 0) is 62.8 Å². The zero-order valence-corrected chi connectivity index (χ0v) is 20.7. The molecule has 3 rings (SSSR count). The minimum Gasteiger partial charge on any atom is -0.507 e. The zero-order chi connectivity index (χ0) is 20.5. The summed E-state index contributed by atoms with van der Waals surface area (Å²) in [5.74, 6) is 1.38. The molecule has 1 aliphatic heterocycles. The Morgan fingerprint density at radius 3 is 2.13 bits per heavy atom. The Morgan fingerprint density at radius 2 is 1.63 bits per heavy atom. The number of hydrogen-bond acceptors (Lipinski definition) is 4. The number of nitrogens with zero attached hydrogens (tertiary/aromatic N) is 2. The highest BCUT2D eigenvalue weighted by Gasteiger charge is 2.21. The fourth-order valence-corrected chi connectivity index (χ4v) is 3.52. The number of pyridine rings is 1. The van der Waals surface area contributed by atoms with Gasteiger partial charge in [-0.1, -0.05) is 26.8 Å². The quantitative estimate of drug-likeness (QED) is 0.588. The lowest BCUT2D eigenvalue weighted by atomic mass is 9.83. The lowest BCUT2D eigenvalue weighted by molar-refractivity contribution is 0.411. The van der Waals surface area contributed by atoms with Crippen LogP contribution >= 0.6 is 24.8 Å². The second-order valence-electron chi connectivity index (χ2n) is 9.98. The van der Waals surface area contributed by atoms with Gasteiger partial charge >= 0.3 is 0 Å². The summed E-state index contributed by atoms with van der Waals surface area (Å²) in [5.41, 5.74) is 3.96. The molecule has 1 aromatic carbocycles. The molecule has 30 heavy (non-hydrogen) atoms. The van der Waals surface area contributed by atoms with E-state index >= 15 is 0 Å². The molecule has 0 aliphatic carbocycles. The van der Waals surface area contributed by atoms with Crippen LogP contribution in [0, 0.1) is 0 Å². The van der Waals surface area contributed by atoms with Crippen molar-refractivity contribution in [3.8, 4) is 16.9 Å². The minimum atomic E-state index is -0.0106. The Kier molecular flexibility index (Phi) is 9.04. The van der Waals surface area contributed by atoms with E-state index in [1.807, 2.05) is 6.20 Å². The summed E-state index contributed by atoms with van der Waals surface area (Å²) in [6.07, 6.45) is 4.38. The van der Waals surface area contributed by atoms with Crippen LogP contribution in [0.3, 0.4) is 0 Å². The molecule has 0 atom stereocenters. The van der Waals surface area contributed by atoms with Crippen molar-refractivity contribution in [2.45, 2.75) is 71.9 Å². The molecular formula is C24H37Cl2N3O. The normalized spacial score (nSPS) is 14.3. The van der Waals surface area contributed by atoms with E-state index in [0.29, 0.717) is 12.3 Å². The largest absolute Gasteiger partial charge is 0.507 e. The number of nitrogens with one attached hydrogen (secondary N) is 1. The van der Waals surface area contributed by atoms with Gasteiger partial charge in [0.1, 0.15) is 11.6 Å². The van der Waals surface area contributed by atoms with Crippen LogP contribution in [0.4, 0.5) is 5.82 Å². The predicted molar refractivity (Wildman–Crippen MR) is 133 cm³/mol. The third kappa shape index (κ3) is 6.50. The van der Waals surface area contributed by atoms with Crippen molar-refractivity contribution in [1.82, 2.24) is 10.3 Å². The molecule has 0 amide bonds. The summed E-state index contributed by atoms with van der Waals surface area (Å²) in [6.45, 7) is 15.8. The second-order valence-corrected chi connectivity index (χ2v) is 9.98. The van der Waals surface area contributed by atoms with Gasteiger partial charge < -0.3 is 15.3 Å². The van der Waals surface area contributed by atoms with Crippen molar-refractivity contribution >= 4 is 30.6 Å². The third-order valence-electron chi connectivity index (χ3n) is 5.35. The molecule has 0 bridgehead atoms. The molecule has 0 radical (unpaired) electrons. The van der Waals surface area contributed by atoms with Crippen molar-refractivity contribution < 1.29 is 5.11 Å². The molecule has 0 unspecified atom stereocenters. The van der Waals surface area contributed by atoms with Crippen LogP contribution in [0.5, 0.6) is 5.75 Å². The highest BCUT2D eigenvalue weighted by Crippen LogP contribution is 2.37. The summed E-state index contributed by atoms with van der Waals surface area (Å²) < 4.78 is 0. The maximum atomic E-state index is 11.0. The van der Waals surface area contributed by atoms with Gasteiger partial charge in [-0.15, -0.1) is 24.8 Å². The number of aromatic nitrogens is 1. The van der Waals surface area contributed by atoms with E-state index in [9.17, 15) is 5.11 Å². The van der Waals surface area contributed by atoms with Gasteiger partial charge in [0.05, 0.1) is 0 Å². The molecule has 1 aromatic heterocycles. The van der Waals surface area contributed by atoms with Gasteiger partial charge in [0.25, 0.3) is 0 Å². The number of phenols is 1. The average molecular weight is 454 g/mol. The van der Waals surface area contributed by atoms with Crippen molar-refractivity contribution in [1.29, 1.82) is 0 Å². The van der Waals surface area contributed by atoms with Gasteiger partial charge in [0, 0.05) is 48.1 Å². The van der Waals surface area contributed by atoms with Gasteiger partial charge in [-0.2, -0.15) is 0 Å². The fourth-order valence-electron chi connectivity index (χ4n) is 3.52. The van der Waals surface area contributed by atoms with Crippen LogP contribution < -0.4 is 10.2 Å². The molecule has 1 aliphatic rings. The van der Waals surface area contributed by atoms with Crippen LogP contribution in [-0.2, 0) is 12.0 Å². The van der Waals surface area contributed by atoms with Crippen LogP contribution in [0.25, 0.3) is 11.1 Å². The number of halogens is 2. The van der Waals surface area contributed by atoms with Crippen LogP contribution in [0.2, 0.25) is 0 Å². The summed E-state index contributed by atoms with van der Waals surface area (Å²) >= 11 is 0. The third-order valence-corrected chi connectivity index (χ3v) is 5.35. The van der Waals surface area contributed by atoms with Crippen molar-refractivity contribution in [3.05, 3.63) is 41.6 Å². The van der Waals surface area contributed by atoms with Crippen molar-refractivity contribution in [2.75, 3.05) is 18.0 Å². The Labute approximate surface area is 194 Å². The van der Waals surface area contributed by atoms with E-state index < -0.39 is 0 Å². The maximum absolute atomic E-state index is 11.0. The minimum absolute atomic E-state index is 0.